The van der Waals surface area contributed by atoms with Crippen LogP contribution in [0.15, 0.2) is 4.47 Å². The van der Waals surface area contributed by atoms with Crippen molar-refractivity contribution in [2.75, 3.05) is 0 Å². The third kappa shape index (κ3) is 2.34. The van der Waals surface area contributed by atoms with E-state index in [-0.39, 0.29) is 0 Å². The van der Waals surface area contributed by atoms with Crippen LogP contribution in [0.5, 0.6) is 0 Å². The molecule has 0 saturated heterocycles. The Kier molecular flexibility index (Phi) is 3.31. The molecule has 1 unspecified atom stereocenters. The Morgan fingerprint density at radius 3 is 2.67 bits per heavy atom. The molecular weight excluding hydrogens is 275 g/mol. The van der Waals surface area contributed by atoms with Gasteiger partial charge in [0, 0.05) is 11.8 Å². The van der Waals surface area contributed by atoms with Crippen molar-refractivity contribution in [2.24, 2.45) is 0 Å². The predicted molar refractivity (Wildman–Crippen MR) is 65.4 cm³/mol. The predicted octanol–water partition coefficient (Wildman–Crippen LogP) is 4.28. The maximum atomic E-state index is 6.09. The number of hydrogen-bond donors (Lipinski definition) is 0. The Labute approximate surface area is 104 Å². The minimum Gasteiger partial charge on any atom is -0.236 e. The minimum absolute atomic E-state index is 0.382. The number of hydrogen-bond acceptors (Lipinski definition) is 2. The maximum absolute atomic E-state index is 6.09. The molecule has 82 valence electrons. The second kappa shape index (κ2) is 4.38. The lowest BCUT2D eigenvalue weighted by atomic mass is 10.1. The summed E-state index contributed by atoms with van der Waals surface area (Å²) in [5.41, 5.74) is 1.10. The van der Waals surface area contributed by atoms with Gasteiger partial charge >= 0.3 is 0 Å². The van der Waals surface area contributed by atoms with Crippen molar-refractivity contribution in [2.45, 2.75) is 44.9 Å². The molecule has 1 aromatic heterocycles. The van der Waals surface area contributed by atoms with Crippen LogP contribution >= 0.6 is 27.5 Å². The highest BCUT2D eigenvalue weighted by Crippen LogP contribution is 2.44. The summed E-state index contributed by atoms with van der Waals surface area (Å²) < 4.78 is 0.888. The van der Waals surface area contributed by atoms with Gasteiger partial charge in [-0.05, 0) is 35.2 Å². The average molecular weight is 290 g/mol. The van der Waals surface area contributed by atoms with Crippen LogP contribution in [0.4, 0.5) is 0 Å². The topological polar surface area (TPSA) is 25.8 Å². The number of rotatable bonds is 3. The highest BCUT2D eigenvalue weighted by atomic mass is 79.9. The van der Waals surface area contributed by atoms with Crippen molar-refractivity contribution < 1.29 is 0 Å². The maximum Gasteiger partial charge on any atom is 0.147 e. The van der Waals surface area contributed by atoms with E-state index in [9.17, 15) is 0 Å². The van der Waals surface area contributed by atoms with Crippen molar-refractivity contribution in [3.05, 3.63) is 21.1 Å². The molecule has 2 rings (SSSR count). The van der Waals surface area contributed by atoms with Crippen LogP contribution in [0.2, 0.25) is 5.15 Å². The highest BCUT2D eigenvalue weighted by Gasteiger charge is 2.29. The third-order valence-electron chi connectivity index (χ3n) is 2.87. The number of halogens is 2. The Morgan fingerprint density at radius 1 is 1.47 bits per heavy atom. The van der Waals surface area contributed by atoms with Gasteiger partial charge in [0.1, 0.15) is 11.0 Å². The molecule has 1 saturated carbocycles. The van der Waals surface area contributed by atoms with Crippen LogP contribution in [0.1, 0.15) is 56.5 Å². The summed E-state index contributed by atoms with van der Waals surface area (Å²) in [7, 11) is 0. The summed E-state index contributed by atoms with van der Waals surface area (Å²) in [5, 5.41) is 0.558. The number of aromatic nitrogens is 2. The van der Waals surface area contributed by atoms with Gasteiger partial charge in [-0.2, -0.15) is 0 Å². The largest absolute Gasteiger partial charge is 0.236 e. The van der Waals surface area contributed by atoms with E-state index in [4.69, 9.17) is 11.6 Å². The molecule has 0 aliphatic heterocycles. The summed E-state index contributed by atoms with van der Waals surface area (Å²) in [6.45, 7) is 4.27. The lowest BCUT2D eigenvalue weighted by molar-refractivity contribution is 0.669. The zero-order chi connectivity index (χ0) is 11.0. The van der Waals surface area contributed by atoms with E-state index in [1.165, 1.54) is 12.8 Å². The first-order valence-corrected chi connectivity index (χ1v) is 6.53. The van der Waals surface area contributed by atoms with E-state index >= 15 is 0 Å². The summed E-state index contributed by atoms with van der Waals surface area (Å²) >= 11 is 9.56. The second-order valence-electron chi connectivity index (χ2n) is 4.16. The molecule has 0 bridgehead atoms. The van der Waals surface area contributed by atoms with Gasteiger partial charge in [0.15, 0.2) is 0 Å². The third-order valence-corrected chi connectivity index (χ3v) is 4.15. The molecule has 2 nitrogen and oxygen atoms in total. The SMILES string of the molecule is CCC(C)c1nc(Cl)c(Br)c(C2CC2)n1. The quantitative estimate of drug-likeness (QED) is 0.776. The van der Waals surface area contributed by atoms with Crippen molar-refractivity contribution in [1.82, 2.24) is 9.97 Å². The molecule has 0 radical (unpaired) electrons. The first kappa shape index (κ1) is 11.3. The van der Waals surface area contributed by atoms with Crippen LogP contribution in [0.25, 0.3) is 0 Å². The van der Waals surface area contributed by atoms with E-state index in [1.54, 1.807) is 0 Å². The Hall–Kier alpha value is -0.150. The molecule has 0 spiro atoms. The molecule has 0 amide bonds. The molecule has 1 heterocycles. The fourth-order valence-electron chi connectivity index (χ4n) is 1.48. The molecule has 15 heavy (non-hydrogen) atoms. The van der Waals surface area contributed by atoms with E-state index in [0.717, 1.165) is 22.4 Å². The van der Waals surface area contributed by atoms with Crippen molar-refractivity contribution in [3.63, 3.8) is 0 Å². The van der Waals surface area contributed by atoms with Crippen molar-refractivity contribution in [3.8, 4) is 0 Å². The highest BCUT2D eigenvalue weighted by molar-refractivity contribution is 9.10. The first-order chi connectivity index (χ1) is 7.13. The van der Waals surface area contributed by atoms with Gasteiger partial charge in [-0.15, -0.1) is 0 Å². The molecule has 0 aromatic carbocycles. The fourth-order valence-corrected chi connectivity index (χ4v) is 2.17. The van der Waals surface area contributed by atoms with Gasteiger partial charge in [0.2, 0.25) is 0 Å². The van der Waals surface area contributed by atoms with Crippen molar-refractivity contribution >= 4 is 27.5 Å². The summed E-state index contributed by atoms with van der Waals surface area (Å²) in [5.74, 6) is 1.86. The van der Waals surface area contributed by atoms with Gasteiger partial charge in [-0.1, -0.05) is 25.4 Å². The summed E-state index contributed by atoms with van der Waals surface area (Å²) in [4.78, 5) is 8.95. The second-order valence-corrected chi connectivity index (χ2v) is 5.31. The smallest absolute Gasteiger partial charge is 0.147 e. The lowest BCUT2D eigenvalue weighted by Gasteiger charge is -2.11. The average Bonchev–Trinajstić information content (AvgIpc) is 3.04. The molecule has 1 aromatic rings. The Bertz CT molecular complexity index is 377. The number of nitrogens with zero attached hydrogens (tertiary/aromatic N) is 2. The molecule has 0 N–H and O–H groups in total. The van der Waals surface area contributed by atoms with Gasteiger partial charge in [-0.3, -0.25) is 0 Å². The van der Waals surface area contributed by atoms with Gasteiger partial charge in [0.05, 0.1) is 10.2 Å². The zero-order valence-corrected chi connectivity index (χ0v) is 11.3. The first-order valence-electron chi connectivity index (χ1n) is 5.36. The molecule has 1 aliphatic carbocycles. The molecule has 1 aliphatic rings. The van der Waals surface area contributed by atoms with E-state index in [1.807, 2.05) is 0 Å². The van der Waals surface area contributed by atoms with Gasteiger partial charge in [-0.25, -0.2) is 9.97 Å². The van der Waals surface area contributed by atoms with Gasteiger partial charge < -0.3 is 0 Å². The summed E-state index contributed by atoms with van der Waals surface area (Å²) in [6.07, 6.45) is 3.50. The monoisotopic (exact) mass is 288 g/mol. The zero-order valence-electron chi connectivity index (χ0n) is 8.93. The standard InChI is InChI=1S/C11H14BrClN2/c1-3-6(2)11-14-9(7-4-5-7)8(12)10(13)15-11/h6-7H,3-5H2,1-2H3. The van der Waals surface area contributed by atoms with Gasteiger partial charge in [0.25, 0.3) is 0 Å². The fraction of sp³-hybridized carbons (Fsp3) is 0.636. The van der Waals surface area contributed by atoms with Crippen LogP contribution < -0.4 is 0 Å². The van der Waals surface area contributed by atoms with Crippen LogP contribution in [-0.2, 0) is 0 Å². The van der Waals surface area contributed by atoms with E-state index < -0.39 is 0 Å². The minimum atomic E-state index is 0.382. The molecule has 4 heteroatoms. The van der Waals surface area contributed by atoms with Crippen LogP contribution in [0.3, 0.4) is 0 Å². The Balaban J connectivity index is 2.41. The summed E-state index contributed by atoms with van der Waals surface area (Å²) in [6, 6.07) is 0. The van der Waals surface area contributed by atoms with Crippen molar-refractivity contribution in [1.29, 1.82) is 0 Å². The van der Waals surface area contributed by atoms with Crippen LogP contribution in [-0.4, -0.2) is 9.97 Å². The normalized spacial score (nSPS) is 17.9. The van der Waals surface area contributed by atoms with E-state index in [2.05, 4.69) is 39.7 Å². The Morgan fingerprint density at radius 2 is 2.13 bits per heavy atom. The molecule has 1 fully saturated rings. The molecular formula is C11H14BrClN2. The van der Waals surface area contributed by atoms with E-state index in [0.29, 0.717) is 17.0 Å². The molecule has 1 atom stereocenters. The lowest BCUT2D eigenvalue weighted by Crippen LogP contribution is -2.04. The van der Waals surface area contributed by atoms with Crippen LogP contribution in [0, 0.1) is 0 Å².